The van der Waals surface area contributed by atoms with Gasteiger partial charge in [-0.1, -0.05) is 24.3 Å². The molecule has 142 valence electrons. The highest BCUT2D eigenvalue weighted by Gasteiger charge is 2.09. The Hall–Kier alpha value is -0.900. The minimum absolute atomic E-state index is 0. The second-order valence-corrected chi connectivity index (χ2v) is 5.76. The van der Waals surface area contributed by atoms with Crippen LogP contribution in [0.2, 0.25) is 0 Å². The Balaban J connectivity index is 0.00000312. The van der Waals surface area contributed by atoms with Crippen molar-refractivity contribution >= 4 is 29.9 Å². The van der Waals surface area contributed by atoms with Gasteiger partial charge in [-0.05, 0) is 18.1 Å². The SMILES string of the molecule is CCOCc1ccc(CNC(=NC)NCCN2CCOCC2)cc1.I. The number of guanidine groups is 1. The van der Waals surface area contributed by atoms with Gasteiger partial charge >= 0.3 is 0 Å². The molecule has 0 unspecified atom stereocenters. The first-order valence-corrected chi connectivity index (χ1v) is 8.72. The Morgan fingerprint density at radius 3 is 2.48 bits per heavy atom. The number of hydrogen-bond acceptors (Lipinski definition) is 4. The molecular weight excluding hydrogens is 431 g/mol. The number of aliphatic imine (C=N–C) groups is 1. The first-order valence-electron chi connectivity index (χ1n) is 8.72. The lowest BCUT2D eigenvalue weighted by atomic mass is 10.1. The maximum absolute atomic E-state index is 5.41. The molecule has 25 heavy (non-hydrogen) atoms. The van der Waals surface area contributed by atoms with Gasteiger partial charge in [0, 0.05) is 46.4 Å². The van der Waals surface area contributed by atoms with E-state index in [0.29, 0.717) is 6.61 Å². The Labute approximate surface area is 168 Å². The zero-order valence-corrected chi connectivity index (χ0v) is 17.6. The van der Waals surface area contributed by atoms with Gasteiger partial charge in [0.25, 0.3) is 0 Å². The molecule has 0 spiro atoms. The second kappa shape index (κ2) is 13.3. The maximum Gasteiger partial charge on any atom is 0.191 e. The van der Waals surface area contributed by atoms with E-state index in [0.717, 1.165) is 58.5 Å². The van der Waals surface area contributed by atoms with Crippen molar-refractivity contribution < 1.29 is 9.47 Å². The quantitative estimate of drug-likeness (QED) is 0.351. The number of nitrogens with one attached hydrogen (secondary N) is 2. The molecule has 0 radical (unpaired) electrons. The van der Waals surface area contributed by atoms with Gasteiger partial charge in [0.2, 0.25) is 0 Å². The summed E-state index contributed by atoms with van der Waals surface area (Å²) in [4.78, 5) is 6.68. The molecule has 0 aliphatic carbocycles. The summed E-state index contributed by atoms with van der Waals surface area (Å²) >= 11 is 0. The summed E-state index contributed by atoms with van der Waals surface area (Å²) in [5, 5.41) is 6.71. The number of hydrogen-bond donors (Lipinski definition) is 2. The van der Waals surface area contributed by atoms with Gasteiger partial charge in [-0.2, -0.15) is 0 Å². The van der Waals surface area contributed by atoms with E-state index in [1.54, 1.807) is 7.05 Å². The second-order valence-electron chi connectivity index (χ2n) is 5.76. The van der Waals surface area contributed by atoms with Crippen molar-refractivity contribution in [3.05, 3.63) is 35.4 Å². The van der Waals surface area contributed by atoms with Gasteiger partial charge in [0.1, 0.15) is 0 Å². The van der Waals surface area contributed by atoms with Crippen LogP contribution in [0.1, 0.15) is 18.1 Å². The maximum atomic E-state index is 5.41. The first kappa shape index (κ1) is 22.1. The van der Waals surface area contributed by atoms with E-state index in [1.807, 2.05) is 6.92 Å². The Morgan fingerprint density at radius 2 is 1.84 bits per heavy atom. The van der Waals surface area contributed by atoms with Crippen molar-refractivity contribution in [3.8, 4) is 0 Å². The van der Waals surface area contributed by atoms with E-state index in [-0.39, 0.29) is 24.0 Å². The average Bonchev–Trinajstić information content (AvgIpc) is 2.64. The normalized spacial score (nSPS) is 15.5. The highest BCUT2D eigenvalue weighted by atomic mass is 127. The van der Waals surface area contributed by atoms with E-state index in [2.05, 4.69) is 44.8 Å². The van der Waals surface area contributed by atoms with Crippen LogP contribution in [0.5, 0.6) is 0 Å². The molecule has 0 bridgehead atoms. The molecular formula is C18H31IN4O2. The van der Waals surface area contributed by atoms with Crippen molar-refractivity contribution in [2.75, 3.05) is 53.0 Å². The predicted octanol–water partition coefficient (Wildman–Crippen LogP) is 1.84. The molecule has 7 heteroatoms. The van der Waals surface area contributed by atoms with E-state index in [1.165, 1.54) is 11.1 Å². The Kier molecular flexibility index (Phi) is 11.8. The number of halogens is 1. The molecule has 1 aromatic carbocycles. The molecule has 1 fully saturated rings. The topological polar surface area (TPSA) is 58.1 Å². The highest BCUT2D eigenvalue weighted by Crippen LogP contribution is 2.05. The smallest absolute Gasteiger partial charge is 0.191 e. The summed E-state index contributed by atoms with van der Waals surface area (Å²) in [6, 6.07) is 8.48. The fraction of sp³-hybridized carbons (Fsp3) is 0.611. The zero-order valence-electron chi connectivity index (χ0n) is 15.3. The van der Waals surface area contributed by atoms with Crippen molar-refractivity contribution in [1.82, 2.24) is 15.5 Å². The molecule has 2 N–H and O–H groups in total. The number of benzene rings is 1. The molecule has 0 amide bonds. The van der Waals surface area contributed by atoms with E-state index in [9.17, 15) is 0 Å². The van der Waals surface area contributed by atoms with Crippen molar-refractivity contribution in [1.29, 1.82) is 0 Å². The van der Waals surface area contributed by atoms with E-state index < -0.39 is 0 Å². The average molecular weight is 462 g/mol. The summed E-state index contributed by atoms with van der Waals surface area (Å²) in [6.45, 7) is 9.79. The van der Waals surface area contributed by atoms with Crippen LogP contribution in [0.3, 0.4) is 0 Å². The Bertz CT molecular complexity index is 490. The number of morpholine rings is 1. The lowest BCUT2D eigenvalue weighted by molar-refractivity contribution is 0.0389. The zero-order chi connectivity index (χ0) is 17.0. The molecule has 6 nitrogen and oxygen atoms in total. The van der Waals surface area contributed by atoms with Gasteiger partial charge in [0.15, 0.2) is 5.96 Å². The summed E-state index contributed by atoms with van der Waals surface area (Å²) in [5.74, 6) is 0.835. The van der Waals surface area contributed by atoms with Crippen molar-refractivity contribution in [2.24, 2.45) is 4.99 Å². The molecule has 0 atom stereocenters. The third-order valence-electron chi connectivity index (χ3n) is 4.00. The molecule has 2 rings (SSSR count). The molecule has 0 aromatic heterocycles. The summed E-state index contributed by atoms with van der Waals surface area (Å²) in [5.41, 5.74) is 2.43. The number of nitrogens with zero attached hydrogens (tertiary/aromatic N) is 2. The number of ether oxygens (including phenoxy) is 2. The van der Waals surface area contributed by atoms with Crippen LogP contribution >= 0.6 is 24.0 Å². The third kappa shape index (κ3) is 8.84. The minimum Gasteiger partial charge on any atom is -0.379 e. The molecule has 0 saturated carbocycles. The van der Waals surface area contributed by atoms with Gasteiger partial charge < -0.3 is 20.1 Å². The lowest BCUT2D eigenvalue weighted by Gasteiger charge is -2.26. The van der Waals surface area contributed by atoms with Gasteiger partial charge in [-0.15, -0.1) is 24.0 Å². The van der Waals surface area contributed by atoms with Gasteiger partial charge in [0.05, 0.1) is 19.8 Å². The fourth-order valence-electron chi connectivity index (χ4n) is 2.54. The summed E-state index contributed by atoms with van der Waals surface area (Å²) < 4.78 is 10.8. The van der Waals surface area contributed by atoms with Gasteiger partial charge in [-0.3, -0.25) is 9.89 Å². The number of rotatable bonds is 8. The van der Waals surface area contributed by atoms with Crippen LogP contribution < -0.4 is 10.6 Å². The minimum atomic E-state index is 0. The lowest BCUT2D eigenvalue weighted by Crippen LogP contribution is -2.44. The monoisotopic (exact) mass is 462 g/mol. The van der Waals surface area contributed by atoms with Crippen LogP contribution in [-0.2, 0) is 22.6 Å². The standard InChI is InChI=1S/C18H30N4O2.HI/c1-3-23-15-17-6-4-16(5-7-17)14-21-18(19-2)20-8-9-22-10-12-24-13-11-22;/h4-7H,3,8-15H2,1-2H3,(H2,19,20,21);1H. The largest absolute Gasteiger partial charge is 0.379 e. The van der Waals surface area contributed by atoms with Crippen LogP contribution in [-0.4, -0.2) is 63.9 Å². The van der Waals surface area contributed by atoms with Crippen LogP contribution in [0, 0.1) is 0 Å². The first-order chi connectivity index (χ1) is 11.8. The summed E-state index contributed by atoms with van der Waals surface area (Å²) in [7, 11) is 1.80. The molecule has 1 saturated heterocycles. The fourth-order valence-corrected chi connectivity index (χ4v) is 2.54. The van der Waals surface area contributed by atoms with Crippen LogP contribution in [0.4, 0.5) is 0 Å². The van der Waals surface area contributed by atoms with Gasteiger partial charge in [-0.25, -0.2) is 0 Å². The van der Waals surface area contributed by atoms with E-state index in [4.69, 9.17) is 9.47 Å². The molecule has 1 heterocycles. The summed E-state index contributed by atoms with van der Waals surface area (Å²) in [6.07, 6.45) is 0. The van der Waals surface area contributed by atoms with E-state index >= 15 is 0 Å². The van der Waals surface area contributed by atoms with Crippen molar-refractivity contribution in [3.63, 3.8) is 0 Å². The molecule has 1 aliphatic heterocycles. The predicted molar refractivity (Wildman–Crippen MR) is 113 cm³/mol. The highest BCUT2D eigenvalue weighted by molar-refractivity contribution is 14.0. The van der Waals surface area contributed by atoms with Crippen LogP contribution in [0.15, 0.2) is 29.3 Å². The third-order valence-corrected chi connectivity index (χ3v) is 4.00. The Morgan fingerprint density at radius 1 is 1.16 bits per heavy atom. The van der Waals surface area contributed by atoms with Crippen molar-refractivity contribution in [2.45, 2.75) is 20.1 Å². The molecule has 1 aliphatic rings. The molecule has 1 aromatic rings. The van der Waals surface area contributed by atoms with Crippen LogP contribution in [0.25, 0.3) is 0 Å².